The number of nitrogens with zero attached hydrogens (tertiary/aromatic N) is 1. The Kier molecular flexibility index (Phi) is 25.9. The van der Waals surface area contributed by atoms with E-state index in [2.05, 4.69) is 59.8 Å². The van der Waals surface area contributed by atoms with Crippen molar-refractivity contribution in [3.8, 4) is 0 Å². The largest absolute Gasteiger partial charge is 0.480 e. The van der Waals surface area contributed by atoms with E-state index in [1.807, 2.05) is 0 Å². The molecule has 6 aliphatic carbocycles. The number of hydrogen-bond donors (Lipinski definition) is 11. The molecule has 6 saturated carbocycles. The molecule has 12 atom stereocenters. The maximum Gasteiger partial charge on any atom is 0.410 e. The number of benzene rings is 2. The number of anilines is 2. The molecule has 2 aromatic carbocycles. The molecule has 2 aliphatic heterocycles. The number of unbranched alkanes of at least 4 members (excludes halogenated alkanes) is 8. The zero-order chi connectivity index (χ0) is 72.9. The van der Waals surface area contributed by atoms with Gasteiger partial charge in [-0.25, -0.2) is 50.3 Å². The fraction of sp³-hybridized carbons (Fsp3) is 0.648. The van der Waals surface area contributed by atoms with E-state index in [1.54, 1.807) is 63.2 Å². The number of sulfonamides is 2. The van der Waals surface area contributed by atoms with Gasteiger partial charge < -0.3 is 61.6 Å². The number of hydrogen-bond acceptors (Lipinski definition) is 19. The quantitative estimate of drug-likeness (QED) is 0.0177. The van der Waals surface area contributed by atoms with Gasteiger partial charge in [0.2, 0.25) is 11.8 Å². The van der Waals surface area contributed by atoms with Crippen LogP contribution in [-0.2, 0) is 63.0 Å². The number of nitrogens with one attached hydrogen (secondary N) is 9. The van der Waals surface area contributed by atoms with Crippen LogP contribution in [-0.4, -0.2) is 165 Å². The number of amides is 7. The summed E-state index contributed by atoms with van der Waals surface area (Å²) in [5.41, 5.74) is -2.96. The first-order valence-corrected chi connectivity index (χ1v) is 38.9. The zero-order valence-electron chi connectivity index (χ0n) is 58.1. The number of likely N-dealkylation sites (tertiary alicyclic amines) is 1. The number of carboxylic acids is 2. The lowest BCUT2D eigenvalue weighted by Gasteiger charge is -2.31. The van der Waals surface area contributed by atoms with Crippen LogP contribution in [0.5, 0.6) is 0 Å². The number of carboxylic acid groups (broad SMARTS) is 2. The maximum atomic E-state index is 13.7. The lowest BCUT2D eigenvalue weighted by molar-refractivity contribution is -0.140. The average molecular weight is 1450 g/mol. The first-order valence-electron chi connectivity index (χ1n) is 35.9. The summed E-state index contributed by atoms with van der Waals surface area (Å²) in [6, 6.07) is 9.37. The zero-order valence-corrected chi connectivity index (χ0v) is 59.7. The number of para-hydroxylation sites is 2. The highest BCUT2D eigenvalue weighted by Crippen LogP contribution is 2.52. The van der Waals surface area contributed by atoms with Gasteiger partial charge in [-0.05, 0) is 178 Å². The van der Waals surface area contributed by atoms with Crippen LogP contribution < -0.4 is 46.7 Å². The summed E-state index contributed by atoms with van der Waals surface area (Å²) in [5.74, 6) is -4.63. The normalized spacial score (nSPS) is 25.9. The van der Waals surface area contributed by atoms with E-state index >= 15 is 0 Å². The molecule has 0 spiro atoms. The van der Waals surface area contributed by atoms with Gasteiger partial charge in [-0.2, -0.15) is 0 Å². The van der Waals surface area contributed by atoms with Gasteiger partial charge in [0.05, 0.1) is 17.4 Å². The number of fused-ring (bicyclic) bond motifs is 2. The molecule has 0 radical (unpaired) electrons. The molecule has 28 nitrogen and oxygen atoms in total. The molecule has 7 amide bonds. The Morgan fingerprint density at radius 3 is 1.44 bits per heavy atom. The average Bonchev–Trinajstić information content (AvgIpc) is 1.59. The molecule has 101 heavy (non-hydrogen) atoms. The molecule has 6 unspecified atom stereocenters. The Labute approximate surface area is 591 Å². The first kappa shape index (κ1) is 77.2. The van der Waals surface area contributed by atoms with Gasteiger partial charge in [0.1, 0.15) is 56.8 Å². The molecule has 8 fully saturated rings. The van der Waals surface area contributed by atoms with E-state index < -0.39 is 109 Å². The van der Waals surface area contributed by atoms with Gasteiger partial charge in [0, 0.05) is 31.5 Å². The van der Waals surface area contributed by atoms with Crippen LogP contribution in [0.1, 0.15) is 175 Å². The van der Waals surface area contributed by atoms with E-state index in [9.17, 15) is 70.2 Å². The van der Waals surface area contributed by atoms with E-state index in [4.69, 9.17) is 14.2 Å². The van der Waals surface area contributed by atoms with Crippen LogP contribution in [0.4, 0.5) is 25.8 Å². The topological polar surface area (TPSA) is 402 Å². The van der Waals surface area contributed by atoms with E-state index in [-0.39, 0.29) is 76.9 Å². The van der Waals surface area contributed by atoms with Gasteiger partial charge in [0.15, 0.2) is 0 Å². The van der Waals surface area contributed by atoms with Crippen LogP contribution in [0.15, 0.2) is 83.6 Å². The minimum atomic E-state index is -4.37. The van der Waals surface area contributed by atoms with Crippen molar-refractivity contribution in [3.63, 3.8) is 0 Å². The van der Waals surface area contributed by atoms with Gasteiger partial charge in [-0.3, -0.25) is 24.1 Å². The second-order valence-electron chi connectivity index (χ2n) is 29.3. The van der Waals surface area contributed by atoms with Crippen molar-refractivity contribution in [3.05, 3.63) is 73.8 Å². The highest BCUT2D eigenvalue weighted by molar-refractivity contribution is 7.90. The van der Waals surface area contributed by atoms with Crippen molar-refractivity contribution in [2.75, 3.05) is 36.8 Å². The molecule has 0 aromatic heterocycles. The van der Waals surface area contributed by atoms with Crippen LogP contribution >= 0.6 is 0 Å². The van der Waals surface area contributed by atoms with Crippen LogP contribution in [0.2, 0.25) is 0 Å². The molecule has 30 heteroatoms. The summed E-state index contributed by atoms with van der Waals surface area (Å²) in [5, 5.41) is 39.0. The molecule has 2 saturated heterocycles. The molecule has 0 bridgehead atoms. The number of rotatable bonds is 36. The Morgan fingerprint density at radius 1 is 0.604 bits per heavy atom. The molecular weight excluding hydrogens is 1340 g/mol. The third-order valence-corrected chi connectivity index (χ3v) is 23.3. The van der Waals surface area contributed by atoms with Crippen LogP contribution in [0, 0.1) is 35.5 Å². The fourth-order valence-corrected chi connectivity index (χ4v) is 16.9. The number of carbonyl (C=O) groups excluding carboxylic acids is 7. The fourth-order valence-electron chi connectivity index (χ4n) is 14.5. The highest BCUT2D eigenvalue weighted by atomic mass is 32.2. The Bertz CT molecular complexity index is 3600. The Balaban J connectivity index is 0.000000237. The third kappa shape index (κ3) is 20.6. The summed E-state index contributed by atoms with van der Waals surface area (Å²) in [4.78, 5) is 115. The van der Waals surface area contributed by atoms with Crippen molar-refractivity contribution in [1.29, 1.82) is 0 Å². The van der Waals surface area contributed by atoms with E-state index in [1.165, 1.54) is 23.1 Å². The summed E-state index contributed by atoms with van der Waals surface area (Å²) < 4.78 is 74.6. The van der Waals surface area contributed by atoms with Crippen molar-refractivity contribution in [2.45, 2.75) is 238 Å². The van der Waals surface area contributed by atoms with Gasteiger partial charge in [0.25, 0.3) is 31.9 Å². The van der Waals surface area contributed by atoms with Crippen molar-refractivity contribution >= 4 is 85.3 Å². The third-order valence-electron chi connectivity index (χ3n) is 20.5. The second-order valence-corrected chi connectivity index (χ2v) is 32.6. The van der Waals surface area contributed by atoms with Crippen molar-refractivity contribution < 1.29 is 84.4 Å². The van der Waals surface area contributed by atoms with Gasteiger partial charge in [-0.1, -0.05) is 87.8 Å². The molecule has 2 aromatic rings. The van der Waals surface area contributed by atoms with Gasteiger partial charge in [-0.15, -0.1) is 13.2 Å². The lowest BCUT2D eigenvalue weighted by Crippen LogP contribution is -2.57. The Morgan fingerprint density at radius 2 is 1.03 bits per heavy atom. The minimum absolute atomic E-state index is 0.0509. The summed E-state index contributed by atoms with van der Waals surface area (Å²) in [6.07, 6.45) is 18.4. The predicted octanol–water partition coefficient (Wildman–Crippen LogP) is 7.72. The summed E-state index contributed by atoms with van der Waals surface area (Å²) in [7, 11) is -8.63. The minimum Gasteiger partial charge on any atom is -0.480 e. The number of ether oxygens (including phenoxy) is 3. The van der Waals surface area contributed by atoms with Crippen LogP contribution in [0.3, 0.4) is 0 Å². The first-order chi connectivity index (χ1) is 48.1. The summed E-state index contributed by atoms with van der Waals surface area (Å²) in [6.45, 7) is 14.8. The number of carbonyl (C=O) groups is 9. The van der Waals surface area contributed by atoms with Gasteiger partial charge >= 0.3 is 30.2 Å². The number of alkyl carbamates (subject to hydrolysis) is 2. The van der Waals surface area contributed by atoms with E-state index in [0.717, 1.165) is 116 Å². The van der Waals surface area contributed by atoms with Crippen LogP contribution in [0.25, 0.3) is 0 Å². The van der Waals surface area contributed by atoms with E-state index in [0.29, 0.717) is 62.6 Å². The molecule has 10 rings (SSSR count). The standard InChI is InChI=1S/C38H55N5O10S.C33H47N5O8S/c1-5-25-22-38(25,41-32(44)31-27-21-24(27)23-43(31)36(49)53-37(2,3)4)34(47)42-54(50,51)30-19-13-12-17-28(30)39-20-14-8-6-7-9-18-29(33(45)46)40-35(48)52-26-15-10-11-16-26;1-2-22-19-33(22,37-29(39)28-24-18-21(24)20-35-28)31(42)38-47(44,45)27-16-10-9-14-25(27)34-17-11-5-3-4-6-15-26(30(40)41)36-32(43)46-23-12-7-8-13-23/h5,12-13,17,19,24-27,29,31,39H,1,6-11,14-16,18,20-23H2,2-4H3,(H,40,48)(H,41,44)(H,42,47)(H,45,46);2,9-10,14,16,21-24,26,28,34-35H,1,3-8,11-13,15,17-20H2,(H,36,43)(H,37,39)(H,38,42)(H,40,41)/t24?,25-,27?,29+,31?,38-;21?,22-,24?,26+,28?,33-/m11/s1. The predicted molar refractivity (Wildman–Crippen MR) is 373 cm³/mol. The second kappa shape index (κ2) is 33.9. The van der Waals surface area contributed by atoms with Crippen molar-refractivity contribution in [2.24, 2.45) is 35.5 Å². The number of piperidine rings is 2. The molecule has 2 heterocycles. The maximum absolute atomic E-state index is 13.7. The lowest BCUT2D eigenvalue weighted by atomic mass is 10.1. The number of aliphatic carboxylic acids is 2. The monoisotopic (exact) mass is 1450 g/mol. The molecule has 11 N–H and O–H groups in total. The SMILES string of the molecule is C=C[C@@H]1C[C@]1(NC(=O)C1C2CC2CN1C(=O)OC(C)(C)C)C(=O)NS(=O)(=O)c1ccccc1NCCCCCCC[C@H](NC(=O)OC1CCCC1)C(=O)O.C=C[C@@H]1C[C@]1(NC(=O)C1NCC2CC21)C(=O)NS(=O)(=O)c1ccccc1NCCCCCCC[C@H](NC(=O)OC1CCCC1)C(=O)O. The molecule has 8 aliphatic rings. The highest BCUT2D eigenvalue weighted by Gasteiger charge is 2.65. The summed E-state index contributed by atoms with van der Waals surface area (Å²) >= 11 is 0. The smallest absolute Gasteiger partial charge is 0.410 e. The molecule has 556 valence electrons. The van der Waals surface area contributed by atoms with Crippen molar-refractivity contribution in [1.82, 2.24) is 40.9 Å². The Hall–Kier alpha value is -7.99. The molecular formula is C71H102N10O18S2.